The van der Waals surface area contributed by atoms with Crippen molar-refractivity contribution in [3.63, 3.8) is 0 Å². The third-order valence-corrected chi connectivity index (χ3v) is 3.12. The minimum absolute atomic E-state index is 0.369. The summed E-state index contributed by atoms with van der Waals surface area (Å²) in [6.45, 7) is 3.64. The lowest BCUT2D eigenvalue weighted by atomic mass is 10.0. The number of anilines is 1. The summed E-state index contributed by atoms with van der Waals surface area (Å²) in [5.41, 5.74) is 2.93. The molecule has 0 amide bonds. The van der Waals surface area contributed by atoms with Gasteiger partial charge >= 0.3 is 5.97 Å². The van der Waals surface area contributed by atoms with Gasteiger partial charge in [-0.15, -0.1) is 0 Å². The highest BCUT2D eigenvalue weighted by molar-refractivity contribution is 5.79. The number of aryl methyl sites for hydroxylation is 2. The molecule has 20 heavy (non-hydrogen) atoms. The molecule has 0 aliphatic rings. The quantitative estimate of drug-likeness (QED) is 0.893. The SMILES string of the molecule is Cc1cccc(NC(C(=O)O)c2ccc(F)cc2C)c1. The molecule has 0 radical (unpaired) electrons. The molecule has 0 fully saturated rings. The van der Waals surface area contributed by atoms with E-state index in [9.17, 15) is 14.3 Å². The fourth-order valence-electron chi connectivity index (χ4n) is 2.14. The highest BCUT2D eigenvalue weighted by atomic mass is 19.1. The molecule has 3 nitrogen and oxygen atoms in total. The first kappa shape index (κ1) is 14.1. The monoisotopic (exact) mass is 273 g/mol. The van der Waals surface area contributed by atoms with Crippen LogP contribution in [0.4, 0.5) is 10.1 Å². The Kier molecular flexibility index (Phi) is 4.03. The van der Waals surface area contributed by atoms with Gasteiger partial charge in [-0.2, -0.15) is 0 Å². The Hall–Kier alpha value is -2.36. The summed E-state index contributed by atoms with van der Waals surface area (Å²) in [7, 11) is 0. The first-order valence-electron chi connectivity index (χ1n) is 6.29. The molecule has 0 aromatic heterocycles. The minimum Gasteiger partial charge on any atom is -0.479 e. The molecule has 0 aliphatic carbocycles. The third kappa shape index (κ3) is 3.15. The van der Waals surface area contributed by atoms with Crippen molar-refractivity contribution in [1.82, 2.24) is 0 Å². The van der Waals surface area contributed by atoms with Crippen LogP contribution in [0.15, 0.2) is 42.5 Å². The van der Waals surface area contributed by atoms with Crippen LogP contribution in [0, 0.1) is 19.7 Å². The maximum absolute atomic E-state index is 13.1. The molecule has 2 aromatic carbocycles. The summed E-state index contributed by atoms with van der Waals surface area (Å²) in [4.78, 5) is 11.5. The summed E-state index contributed by atoms with van der Waals surface area (Å²) >= 11 is 0. The molecular formula is C16H16FNO2. The zero-order chi connectivity index (χ0) is 14.7. The predicted octanol–water partition coefficient (Wildman–Crippen LogP) is 3.68. The average molecular weight is 273 g/mol. The summed E-state index contributed by atoms with van der Waals surface area (Å²) in [6.07, 6.45) is 0. The van der Waals surface area contributed by atoms with Crippen molar-refractivity contribution >= 4 is 11.7 Å². The van der Waals surface area contributed by atoms with E-state index in [0.717, 1.165) is 11.3 Å². The molecule has 0 aliphatic heterocycles. The fraction of sp³-hybridized carbons (Fsp3) is 0.188. The number of rotatable bonds is 4. The van der Waals surface area contributed by atoms with Gasteiger partial charge in [0.25, 0.3) is 0 Å². The first-order chi connectivity index (χ1) is 9.47. The number of carbonyl (C=O) groups is 1. The van der Waals surface area contributed by atoms with Crippen molar-refractivity contribution in [2.45, 2.75) is 19.9 Å². The molecule has 0 saturated heterocycles. The van der Waals surface area contributed by atoms with Gasteiger partial charge in [0.2, 0.25) is 0 Å². The molecule has 1 unspecified atom stereocenters. The summed E-state index contributed by atoms with van der Waals surface area (Å²) in [5.74, 6) is -1.37. The standard InChI is InChI=1S/C16H16FNO2/c1-10-4-3-5-13(8-10)18-15(16(19)20)14-7-6-12(17)9-11(14)2/h3-9,15,18H,1-2H3,(H,19,20). The van der Waals surface area contributed by atoms with Crippen molar-refractivity contribution in [3.8, 4) is 0 Å². The van der Waals surface area contributed by atoms with Gasteiger partial charge < -0.3 is 10.4 Å². The van der Waals surface area contributed by atoms with Crippen molar-refractivity contribution in [2.75, 3.05) is 5.32 Å². The Morgan fingerprint density at radius 2 is 1.95 bits per heavy atom. The number of hydrogen-bond acceptors (Lipinski definition) is 2. The second kappa shape index (κ2) is 5.74. The largest absolute Gasteiger partial charge is 0.479 e. The topological polar surface area (TPSA) is 49.3 Å². The second-order valence-corrected chi connectivity index (χ2v) is 4.79. The lowest BCUT2D eigenvalue weighted by molar-refractivity contribution is -0.138. The molecule has 0 heterocycles. The van der Waals surface area contributed by atoms with E-state index >= 15 is 0 Å². The van der Waals surface area contributed by atoms with Crippen molar-refractivity contribution in [2.24, 2.45) is 0 Å². The lowest BCUT2D eigenvalue weighted by Crippen LogP contribution is -2.21. The number of nitrogens with one attached hydrogen (secondary N) is 1. The average Bonchev–Trinajstić information content (AvgIpc) is 2.36. The van der Waals surface area contributed by atoms with Gasteiger partial charge in [0, 0.05) is 5.69 Å². The molecular weight excluding hydrogens is 257 g/mol. The molecule has 2 N–H and O–H groups in total. The van der Waals surface area contributed by atoms with Gasteiger partial charge in [0.1, 0.15) is 5.82 Å². The van der Waals surface area contributed by atoms with E-state index < -0.39 is 12.0 Å². The molecule has 2 aromatic rings. The van der Waals surface area contributed by atoms with Crippen LogP contribution in [-0.2, 0) is 4.79 Å². The van der Waals surface area contributed by atoms with E-state index in [2.05, 4.69) is 5.32 Å². The number of carboxylic acids is 1. The second-order valence-electron chi connectivity index (χ2n) is 4.79. The van der Waals surface area contributed by atoms with Crippen LogP contribution in [-0.4, -0.2) is 11.1 Å². The van der Waals surface area contributed by atoms with E-state index in [1.807, 2.05) is 31.2 Å². The Morgan fingerprint density at radius 1 is 1.20 bits per heavy atom. The van der Waals surface area contributed by atoms with Crippen LogP contribution in [0.2, 0.25) is 0 Å². The Balaban J connectivity index is 2.34. The van der Waals surface area contributed by atoms with Gasteiger partial charge in [0.15, 0.2) is 6.04 Å². The van der Waals surface area contributed by atoms with Crippen molar-refractivity contribution < 1.29 is 14.3 Å². The normalized spacial score (nSPS) is 11.9. The van der Waals surface area contributed by atoms with Crippen LogP contribution in [0.5, 0.6) is 0 Å². The Labute approximate surface area is 117 Å². The van der Waals surface area contributed by atoms with Crippen LogP contribution >= 0.6 is 0 Å². The molecule has 0 bridgehead atoms. The number of aliphatic carboxylic acids is 1. The molecule has 104 valence electrons. The maximum Gasteiger partial charge on any atom is 0.330 e. The van der Waals surface area contributed by atoms with Gasteiger partial charge in [-0.05, 0) is 54.8 Å². The van der Waals surface area contributed by atoms with E-state index in [1.165, 1.54) is 18.2 Å². The van der Waals surface area contributed by atoms with E-state index in [-0.39, 0.29) is 5.82 Å². The van der Waals surface area contributed by atoms with Crippen LogP contribution in [0.1, 0.15) is 22.7 Å². The van der Waals surface area contributed by atoms with Gasteiger partial charge in [-0.1, -0.05) is 18.2 Å². The smallest absolute Gasteiger partial charge is 0.330 e. The third-order valence-electron chi connectivity index (χ3n) is 3.12. The zero-order valence-corrected chi connectivity index (χ0v) is 11.4. The first-order valence-corrected chi connectivity index (χ1v) is 6.29. The highest BCUT2D eigenvalue weighted by Crippen LogP contribution is 2.24. The van der Waals surface area contributed by atoms with Crippen LogP contribution in [0.25, 0.3) is 0 Å². The number of benzene rings is 2. The van der Waals surface area contributed by atoms with Gasteiger partial charge in [0.05, 0.1) is 0 Å². The Bertz CT molecular complexity index is 640. The van der Waals surface area contributed by atoms with Crippen molar-refractivity contribution in [3.05, 3.63) is 65.0 Å². The summed E-state index contributed by atoms with van der Waals surface area (Å²) in [6, 6.07) is 10.7. The number of carboxylic acid groups (broad SMARTS) is 1. The summed E-state index contributed by atoms with van der Waals surface area (Å²) in [5, 5.41) is 12.4. The Morgan fingerprint density at radius 3 is 2.55 bits per heavy atom. The minimum atomic E-state index is -0.999. The van der Waals surface area contributed by atoms with E-state index in [4.69, 9.17) is 0 Å². The summed E-state index contributed by atoms with van der Waals surface area (Å²) < 4.78 is 13.1. The molecule has 0 saturated carbocycles. The maximum atomic E-state index is 13.1. The van der Waals surface area contributed by atoms with Crippen LogP contribution < -0.4 is 5.32 Å². The zero-order valence-electron chi connectivity index (χ0n) is 11.4. The fourth-order valence-corrected chi connectivity index (χ4v) is 2.14. The van der Waals surface area contributed by atoms with Gasteiger partial charge in [-0.3, -0.25) is 0 Å². The van der Waals surface area contributed by atoms with Gasteiger partial charge in [-0.25, -0.2) is 9.18 Å². The van der Waals surface area contributed by atoms with E-state index in [0.29, 0.717) is 11.1 Å². The molecule has 0 spiro atoms. The lowest BCUT2D eigenvalue weighted by Gasteiger charge is -2.18. The predicted molar refractivity (Wildman–Crippen MR) is 76.3 cm³/mol. The van der Waals surface area contributed by atoms with Crippen LogP contribution in [0.3, 0.4) is 0 Å². The number of hydrogen-bond donors (Lipinski definition) is 2. The highest BCUT2D eigenvalue weighted by Gasteiger charge is 2.21. The molecule has 2 rings (SSSR count). The van der Waals surface area contributed by atoms with Crippen molar-refractivity contribution in [1.29, 1.82) is 0 Å². The molecule has 1 atom stereocenters. The van der Waals surface area contributed by atoms with E-state index in [1.54, 1.807) is 6.92 Å². The number of halogens is 1. The molecule has 4 heteroatoms.